The Morgan fingerprint density at radius 3 is 2.37 bits per heavy atom. The molecule has 0 spiro atoms. The second-order valence-corrected chi connectivity index (χ2v) is 8.80. The Morgan fingerprint density at radius 2 is 1.79 bits per heavy atom. The normalized spacial score (nSPS) is 13.6. The molecule has 1 atom stereocenters. The van der Waals surface area contributed by atoms with Gasteiger partial charge >= 0.3 is 0 Å². The van der Waals surface area contributed by atoms with Gasteiger partial charge in [-0.1, -0.05) is 52.6 Å². The molecule has 0 amide bonds. The van der Waals surface area contributed by atoms with E-state index in [2.05, 4.69) is 70.8 Å². The van der Waals surface area contributed by atoms with Crippen LogP contribution in [-0.4, -0.2) is 0 Å². The minimum absolute atomic E-state index is 0.118. The van der Waals surface area contributed by atoms with Crippen LogP contribution in [0.15, 0.2) is 39.3 Å². The lowest BCUT2D eigenvalue weighted by Crippen LogP contribution is -2.07. The van der Waals surface area contributed by atoms with E-state index in [-0.39, 0.29) is 10.8 Å². The second-order valence-electron chi connectivity index (χ2n) is 5.48. The molecule has 0 saturated heterocycles. The van der Waals surface area contributed by atoms with Crippen LogP contribution in [0.4, 0.5) is 0 Å². The number of benzene rings is 1. The maximum atomic E-state index is 6.63. The lowest BCUT2D eigenvalue weighted by molar-refractivity contribution is 0.604. The Balaban J connectivity index is 2.36. The summed E-state index contributed by atoms with van der Waals surface area (Å²) in [6.45, 7) is 6.67. The van der Waals surface area contributed by atoms with Crippen LogP contribution in [-0.2, 0) is 5.41 Å². The lowest BCUT2D eigenvalue weighted by Gasteiger charge is -2.16. The quantitative estimate of drug-likeness (QED) is 0.462. The Morgan fingerprint density at radius 1 is 1.11 bits per heavy atom. The van der Waals surface area contributed by atoms with E-state index in [0.29, 0.717) is 0 Å². The van der Waals surface area contributed by atoms with Crippen molar-refractivity contribution in [2.24, 2.45) is 0 Å². The Bertz CT molecular complexity index is 584. The first-order valence-electron chi connectivity index (χ1n) is 5.98. The summed E-state index contributed by atoms with van der Waals surface area (Å²) in [4.78, 5) is 2.55. The van der Waals surface area contributed by atoms with Crippen LogP contribution in [0.25, 0.3) is 0 Å². The molecule has 1 heterocycles. The van der Waals surface area contributed by atoms with Gasteiger partial charge in [0, 0.05) is 18.7 Å². The van der Waals surface area contributed by atoms with Gasteiger partial charge in [0.15, 0.2) is 0 Å². The minimum Gasteiger partial charge on any atom is -0.143 e. The zero-order valence-corrected chi connectivity index (χ0v) is 15.8. The third kappa shape index (κ3) is 3.63. The molecule has 0 bridgehead atoms. The van der Waals surface area contributed by atoms with Gasteiger partial charge in [-0.25, -0.2) is 0 Å². The highest BCUT2D eigenvalue weighted by Crippen LogP contribution is 2.40. The topological polar surface area (TPSA) is 0 Å². The van der Waals surface area contributed by atoms with E-state index in [4.69, 9.17) is 11.6 Å². The highest BCUT2D eigenvalue weighted by atomic mass is 79.9. The molecular weight excluding hydrogens is 407 g/mol. The zero-order chi connectivity index (χ0) is 14.2. The molecule has 1 unspecified atom stereocenters. The summed E-state index contributed by atoms with van der Waals surface area (Å²) in [5.74, 6) is 0. The van der Waals surface area contributed by atoms with Gasteiger partial charge in [0.05, 0.1) is 5.38 Å². The number of hydrogen-bond acceptors (Lipinski definition) is 1. The summed E-state index contributed by atoms with van der Waals surface area (Å²) in [6.07, 6.45) is 0. The van der Waals surface area contributed by atoms with Gasteiger partial charge in [0.25, 0.3) is 0 Å². The van der Waals surface area contributed by atoms with Gasteiger partial charge in [-0.05, 0) is 41.3 Å². The van der Waals surface area contributed by atoms with Crippen LogP contribution in [0.1, 0.15) is 41.5 Å². The standard InChI is InChI=1S/C15H15Br2ClS/c1-15(2,3)13-7-6-12(19-13)14(18)10-8-9(16)4-5-11(10)17/h4-8,14H,1-3H3. The third-order valence-corrected chi connectivity index (χ3v) is 6.24. The first-order valence-corrected chi connectivity index (χ1v) is 8.82. The molecule has 0 saturated carbocycles. The van der Waals surface area contributed by atoms with Crippen molar-refractivity contribution < 1.29 is 0 Å². The SMILES string of the molecule is CC(C)(C)c1ccc(C(Cl)c2cc(Br)ccc2Br)s1. The fourth-order valence-electron chi connectivity index (χ4n) is 1.75. The number of thiophene rings is 1. The van der Waals surface area contributed by atoms with Crippen LogP contribution in [0.2, 0.25) is 0 Å². The molecule has 0 radical (unpaired) electrons. The number of hydrogen-bond donors (Lipinski definition) is 0. The van der Waals surface area contributed by atoms with Crippen LogP contribution in [0, 0.1) is 0 Å². The van der Waals surface area contributed by atoms with Crippen molar-refractivity contribution >= 4 is 54.8 Å². The van der Waals surface area contributed by atoms with Crippen molar-refractivity contribution in [1.29, 1.82) is 0 Å². The Labute approximate surface area is 140 Å². The molecule has 2 aromatic rings. The van der Waals surface area contributed by atoms with E-state index in [1.807, 2.05) is 12.1 Å². The molecule has 0 aliphatic rings. The van der Waals surface area contributed by atoms with Gasteiger partial charge in [0.2, 0.25) is 0 Å². The summed E-state index contributed by atoms with van der Waals surface area (Å²) in [7, 11) is 0. The highest BCUT2D eigenvalue weighted by molar-refractivity contribution is 9.11. The molecule has 0 nitrogen and oxygen atoms in total. The first kappa shape index (κ1) is 15.6. The summed E-state index contributed by atoms with van der Waals surface area (Å²) in [6, 6.07) is 10.4. The van der Waals surface area contributed by atoms with E-state index in [1.54, 1.807) is 11.3 Å². The Hall–Kier alpha value is 0.170. The van der Waals surface area contributed by atoms with E-state index < -0.39 is 0 Å². The largest absolute Gasteiger partial charge is 0.143 e. The summed E-state index contributed by atoms with van der Waals surface area (Å²) < 4.78 is 2.09. The molecule has 4 heteroatoms. The molecule has 0 fully saturated rings. The molecule has 1 aromatic heterocycles. The van der Waals surface area contributed by atoms with Crippen LogP contribution >= 0.6 is 54.8 Å². The lowest BCUT2D eigenvalue weighted by atomic mass is 9.95. The second kappa shape index (κ2) is 5.88. The molecule has 2 rings (SSSR count). The van der Waals surface area contributed by atoms with E-state index >= 15 is 0 Å². The van der Waals surface area contributed by atoms with Crippen molar-refractivity contribution in [2.45, 2.75) is 31.6 Å². The van der Waals surface area contributed by atoms with Crippen molar-refractivity contribution in [3.05, 3.63) is 54.6 Å². The van der Waals surface area contributed by atoms with E-state index in [1.165, 1.54) is 9.75 Å². The summed E-state index contributed by atoms with van der Waals surface area (Å²) in [5, 5.41) is -0.118. The zero-order valence-electron chi connectivity index (χ0n) is 11.0. The molecule has 1 aromatic carbocycles. The van der Waals surface area contributed by atoms with Gasteiger partial charge in [0.1, 0.15) is 0 Å². The van der Waals surface area contributed by atoms with Gasteiger partial charge in [-0.3, -0.25) is 0 Å². The average Bonchev–Trinajstić information content (AvgIpc) is 2.80. The van der Waals surface area contributed by atoms with E-state index in [9.17, 15) is 0 Å². The maximum Gasteiger partial charge on any atom is 0.0939 e. The maximum absolute atomic E-state index is 6.63. The fourth-order valence-corrected chi connectivity index (χ4v) is 4.19. The van der Waals surface area contributed by atoms with Crippen molar-refractivity contribution in [1.82, 2.24) is 0 Å². The summed E-state index contributed by atoms with van der Waals surface area (Å²) in [5.41, 5.74) is 1.27. The minimum atomic E-state index is -0.118. The van der Waals surface area contributed by atoms with Crippen molar-refractivity contribution in [3.8, 4) is 0 Å². The van der Waals surface area contributed by atoms with Crippen molar-refractivity contribution in [3.63, 3.8) is 0 Å². The molecule has 102 valence electrons. The van der Waals surface area contributed by atoms with Crippen LogP contribution < -0.4 is 0 Å². The fraction of sp³-hybridized carbons (Fsp3) is 0.333. The van der Waals surface area contributed by atoms with Crippen molar-refractivity contribution in [2.75, 3.05) is 0 Å². The predicted octanol–water partition coefficient (Wildman–Crippen LogP) is 6.90. The average molecular weight is 423 g/mol. The first-order chi connectivity index (χ1) is 8.79. The molecule has 0 aliphatic carbocycles. The van der Waals surface area contributed by atoms with Gasteiger partial charge in [-0.2, -0.15) is 0 Å². The number of rotatable bonds is 2. The van der Waals surface area contributed by atoms with E-state index in [0.717, 1.165) is 14.5 Å². The monoisotopic (exact) mass is 420 g/mol. The smallest absolute Gasteiger partial charge is 0.0939 e. The Kier molecular flexibility index (Phi) is 4.82. The molecule has 0 N–H and O–H groups in total. The predicted molar refractivity (Wildman–Crippen MR) is 92.6 cm³/mol. The van der Waals surface area contributed by atoms with Crippen LogP contribution in [0.3, 0.4) is 0 Å². The third-order valence-electron chi connectivity index (χ3n) is 2.85. The molecule has 19 heavy (non-hydrogen) atoms. The van der Waals surface area contributed by atoms with Gasteiger partial charge < -0.3 is 0 Å². The number of alkyl halides is 1. The van der Waals surface area contributed by atoms with Gasteiger partial charge in [-0.15, -0.1) is 22.9 Å². The molecular formula is C15H15Br2ClS. The van der Waals surface area contributed by atoms with Crippen LogP contribution in [0.5, 0.6) is 0 Å². The molecule has 0 aliphatic heterocycles. The number of halogens is 3. The highest BCUT2D eigenvalue weighted by Gasteiger charge is 2.21. The summed E-state index contributed by atoms with van der Waals surface area (Å²) >= 11 is 15.5.